The van der Waals surface area contributed by atoms with E-state index in [0.717, 1.165) is 37.1 Å². The van der Waals surface area contributed by atoms with Crippen LogP contribution < -0.4 is 10.6 Å². The largest absolute Gasteiger partial charge is 0.325 e. The van der Waals surface area contributed by atoms with Gasteiger partial charge in [0.1, 0.15) is 5.54 Å². The predicted molar refractivity (Wildman–Crippen MR) is 89.0 cm³/mol. The van der Waals surface area contributed by atoms with Crippen LogP contribution >= 0.6 is 0 Å². The zero-order chi connectivity index (χ0) is 16.4. The molecule has 0 aromatic heterocycles. The minimum Gasteiger partial charge on any atom is -0.319 e. The molecule has 2 N–H and O–H groups in total. The first-order valence-electron chi connectivity index (χ1n) is 8.49. The van der Waals surface area contributed by atoms with Crippen LogP contribution in [0.2, 0.25) is 0 Å². The Labute approximate surface area is 137 Å². The summed E-state index contributed by atoms with van der Waals surface area (Å²) >= 11 is 0. The van der Waals surface area contributed by atoms with Crippen LogP contribution in [0.3, 0.4) is 0 Å². The van der Waals surface area contributed by atoms with E-state index in [1.54, 1.807) is 0 Å². The van der Waals surface area contributed by atoms with Crippen LogP contribution in [0.25, 0.3) is 0 Å². The maximum atomic E-state index is 13.1. The predicted octanol–water partition coefficient (Wildman–Crippen LogP) is 2.15. The third-order valence-electron chi connectivity index (χ3n) is 5.09. The smallest absolute Gasteiger partial charge is 0.319 e. The van der Waals surface area contributed by atoms with E-state index in [1.807, 2.05) is 38.1 Å². The minimum atomic E-state index is -0.910. The first-order chi connectivity index (χ1) is 11.1. The highest BCUT2D eigenvalue weighted by Crippen LogP contribution is 2.33. The molecule has 5 heteroatoms. The Morgan fingerprint density at radius 2 is 2.00 bits per heavy atom. The van der Waals surface area contributed by atoms with Crippen molar-refractivity contribution in [1.82, 2.24) is 15.5 Å². The van der Waals surface area contributed by atoms with Gasteiger partial charge in [-0.05, 0) is 50.8 Å². The van der Waals surface area contributed by atoms with E-state index in [4.69, 9.17) is 0 Å². The van der Waals surface area contributed by atoms with Crippen molar-refractivity contribution in [3.63, 3.8) is 0 Å². The number of hydrogen-bond donors (Lipinski definition) is 2. The highest BCUT2D eigenvalue weighted by Gasteiger charge is 2.51. The SMILES string of the molecule is CCC1(c2ccc(C)cc2)NC(=O)N(CC2CCCNC2)C1=O. The van der Waals surface area contributed by atoms with Gasteiger partial charge in [-0.3, -0.25) is 9.69 Å². The molecule has 1 aromatic rings. The molecule has 23 heavy (non-hydrogen) atoms. The van der Waals surface area contributed by atoms with Gasteiger partial charge in [0.15, 0.2) is 0 Å². The highest BCUT2D eigenvalue weighted by molar-refractivity contribution is 6.07. The number of urea groups is 1. The van der Waals surface area contributed by atoms with Gasteiger partial charge in [0.25, 0.3) is 5.91 Å². The number of nitrogens with zero attached hydrogens (tertiary/aromatic N) is 1. The summed E-state index contributed by atoms with van der Waals surface area (Å²) < 4.78 is 0. The molecule has 2 heterocycles. The summed E-state index contributed by atoms with van der Waals surface area (Å²) in [5.74, 6) is 0.239. The van der Waals surface area contributed by atoms with Crippen molar-refractivity contribution in [2.75, 3.05) is 19.6 Å². The third-order valence-corrected chi connectivity index (χ3v) is 5.09. The minimum absolute atomic E-state index is 0.112. The summed E-state index contributed by atoms with van der Waals surface area (Å²) in [7, 11) is 0. The Morgan fingerprint density at radius 1 is 1.26 bits per heavy atom. The fourth-order valence-electron chi connectivity index (χ4n) is 3.61. The van der Waals surface area contributed by atoms with Crippen LogP contribution in [0.4, 0.5) is 4.79 Å². The zero-order valence-corrected chi connectivity index (χ0v) is 13.9. The van der Waals surface area contributed by atoms with E-state index in [1.165, 1.54) is 4.90 Å². The van der Waals surface area contributed by atoms with Gasteiger partial charge in [0, 0.05) is 6.54 Å². The molecule has 5 nitrogen and oxygen atoms in total. The Morgan fingerprint density at radius 3 is 2.61 bits per heavy atom. The molecule has 0 aliphatic carbocycles. The molecule has 0 bridgehead atoms. The fraction of sp³-hybridized carbons (Fsp3) is 0.556. The van der Waals surface area contributed by atoms with E-state index in [0.29, 0.717) is 18.9 Å². The Kier molecular flexibility index (Phi) is 4.39. The summed E-state index contributed by atoms with van der Waals surface area (Å²) in [6.07, 6.45) is 2.72. The second kappa shape index (κ2) is 6.32. The lowest BCUT2D eigenvalue weighted by Gasteiger charge is -2.28. The lowest BCUT2D eigenvalue weighted by molar-refractivity contribution is -0.132. The second-order valence-corrected chi connectivity index (χ2v) is 6.68. The average molecular weight is 315 g/mol. The van der Waals surface area contributed by atoms with Crippen molar-refractivity contribution in [3.05, 3.63) is 35.4 Å². The molecule has 0 radical (unpaired) electrons. The molecule has 2 saturated heterocycles. The van der Waals surface area contributed by atoms with Crippen molar-refractivity contribution in [2.24, 2.45) is 5.92 Å². The number of nitrogens with one attached hydrogen (secondary N) is 2. The number of carbonyl (C=O) groups excluding carboxylic acids is 2. The number of carbonyl (C=O) groups is 2. The van der Waals surface area contributed by atoms with Gasteiger partial charge in [0.2, 0.25) is 0 Å². The first kappa shape index (κ1) is 16.0. The van der Waals surface area contributed by atoms with Crippen molar-refractivity contribution in [2.45, 2.75) is 38.6 Å². The molecular formula is C18H25N3O2. The zero-order valence-electron chi connectivity index (χ0n) is 13.9. The number of imide groups is 1. The van der Waals surface area contributed by atoms with E-state index in [2.05, 4.69) is 10.6 Å². The van der Waals surface area contributed by atoms with Crippen LogP contribution in [0.1, 0.15) is 37.3 Å². The number of rotatable bonds is 4. The molecule has 1 aromatic carbocycles. The van der Waals surface area contributed by atoms with E-state index in [-0.39, 0.29) is 11.9 Å². The lowest BCUT2D eigenvalue weighted by atomic mass is 9.86. The molecule has 124 valence electrons. The van der Waals surface area contributed by atoms with Gasteiger partial charge < -0.3 is 10.6 Å². The van der Waals surface area contributed by atoms with Crippen molar-refractivity contribution >= 4 is 11.9 Å². The van der Waals surface area contributed by atoms with Gasteiger partial charge in [-0.2, -0.15) is 0 Å². The summed E-state index contributed by atoms with van der Waals surface area (Å²) in [6.45, 7) is 6.37. The van der Waals surface area contributed by atoms with Crippen LogP contribution in [0.5, 0.6) is 0 Å². The van der Waals surface area contributed by atoms with Crippen molar-refractivity contribution < 1.29 is 9.59 Å². The molecule has 2 aliphatic heterocycles. The number of piperidine rings is 1. The third kappa shape index (κ3) is 2.85. The second-order valence-electron chi connectivity index (χ2n) is 6.68. The van der Waals surface area contributed by atoms with Gasteiger partial charge in [0.05, 0.1) is 0 Å². The summed E-state index contributed by atoms with van der Waals surface area (Å²) in [6, 6.07) is 7.61. The van der Waals surface area contributed by atoms with E-state index in [9.17, 15) is 9.59 Å². The Balaban J connectivity index is 1.84. The normalized spacial score (nSPS) is 28.1. The number of benzene rings is 1. The summed E-state index contributed by atoms with van der Waals surface area (Å²) in [4.78, 5) is 26.9. The van der Waals surface area contributed by atoms with Gasteiger partial charge in [-0.25, -0.2) is 4.79 Å². The van der Waals surface area contributed by atoms with Crippen molar-refractivity contribution in [3.8, 4) is 0 Å². The van der Waals surface area contributed by atoms with Gasteiger partial charge >= 0.3 is 6.03 Å². The van der Waals surface area contributed by atoms with E-state index < -0.39 is 5.54 Å². The molecule has 0 saturated carbocycles. The van der Waals surface area contributed by atoms with E-state index >= 15 is 0 Å². The van der Waals surface area contributed by atoms with Crippen LogP contribution in [-0.2, 0) is 10.3 Å². The maximum absolute atomic E-state index is 13.1. The lowest BCUT2D eigenvalue weighted by Crippen LogP contribution is -2.44. The average Bonchev–Trinajstić information content (AvgIpc) is 2.82. The first-order valence-corrected chi connectivity index (χ1v) is 8.49. The number of hydrogen-bond acceptors (Lipinski definition) is 3. The van der Waals surface area contributed by atoms with Crippen molar-refractivity contribution in [1.29, 1.82) is 0 Å². The molecule has 2 fully saturated rings. The van der Waals surface area contributed by atoms with Gasteiger partial charge in [-0.1, -0.05) is 36.8 Å². The monoisotopic (exact) mass is 315 g/mol. The number of amides is 3. The Hall–Kier alpha value is -1.88. The van der Waals surface area contributed by atoms with Crippen LogP contribution in [0.15, 0.2) is 24.3 Å². The summed E-state index contributed by atoms with van der Waals surface area (Å²) in [5.41, 5.74) is 1.10. The fourth-order valence-corrected chi connectivity index (χ4v) is 3.61. The van der Waals surface area contributed by atoms with Gasteiger partial charge in [-0.15, -0.1) is 0 Å². The molecule has 2 unspecified atom stereocenters. The topological polar surface area (TPSA) is 61.4 Å². The quantitative estimate of drug-likeness (QED) is 0.837. The maximum Gasteiger partial charge on any atom is 0.325 e. The molecule has 2 atom stereocenters. The standard InChI is InChI=1S/C18H25N3O2/c1-3-18(15-8-6-13(2)7-9-15)16(22)21(17(23)20-18)12-14-5-4-10-19-11-14/h6-9,14,19H,3-5,10-12H2,1-2H3,(H,20,23). The van der Waals surface area contributed by atoms with Crippen LogP contribution in [-0.4, -0.2) is 36.5 Å². The molecule has 3 rings (SSSR count). The van der Waals surface area contributed by atoms with Crippen LogP contribution in [0, 0.1) is 12.8 Å². The molecular weight excluding hydrogens is 290 g/mol. The summed E-state index contributed by atoms with van der Waals surface area (Å²) in [5, 5.41) is 6.30. The Bertz CT molecular complexity index is 593. The molecule has 2 aliphatic rings. The number of aryl methyl sites for hydroxylation is 1. The molecule has 0 spiro atoms. The highest BCUT2D eigenvalue weighted by atomic mass is 16.2. The molecule has 3 amide bonds.